The van der Waals surface area contributed by atoms with Gasteiger partial charge in [0, 0.05) is 19.3 Å². The molecule has 0 radical (unpaired) electrons. The maximum absolute atomic E-state index is 6.06. The molecule has 0 aliphatic heterocycles. The zero-order valence-corrected chi connectivity index (χ0v) is 11.4. The zero-order chi connectivity index (χ0) is 12.7. The fourth-order valence-corrected chi connectivity index (χ4v) is 2.40. The average Bonchev–Trinajstić information content (AvgIpc) is 2.41. The molecule has 0 saturated heterocycles. The third-order valence-electron chi connectivity index (χ3n) is 3.89. The second-order valence-corrected chi connectivity index (χ2v) is 4.78. The maximum atomic E-state index is 6.06. The van der Waals surface area contributed by atoms with Gasteiger partial charge in [-0.25, -0.2) is 0 Å². The Balaban J connectivity index is 2.90. The van der Waals surface area contributed by atoms with Crippen LogP contribution in [-0.4, -0.2) is 19.1 Å². The quantitative estimate of drug-likeness (QED) is 0.783. The fraction of sp³-hybridized carbons (Fsp3) is 0.600. The topological polar surface area (TPSA) is 29.3 Å². The van der Waals surface area contributed by atoms with Crippen molar-refractivity contribution in [1.82, 2.24) is 0 Å². The largest absolute Gasteiger partial charge is 0.368 e. The molecule has 1 unspecified atom stereocenters. The number of hydrogen-bond acceptors (Lipinski definition) is 2. The number of benzene rings is 1. The number of unbranched alkanes of at least 4 members (excludes halogenated alkanes) is 1. The van der Waals surface area contributed by atoms with Gasteiger partial charge in [0.1, 0.15) is 0 Å². The minimum Gasteiger partial charge on any atom is -0.368 e. The van der Waals surface area contributed by atoms with Crippen LogP contribution in [0.3, 0.4) is 0 Å². The van der Waals surface area contributed by atoms with E-state index in [9.17, 15) is 0 Å². The molecule has 17 heavy (non-hydrogen) atoms. The van der Waals surface area contributed by atoms with Gasteiger partial charge in [0.15, 0.2) is 0 Å². The Morgan fingerprint density at radius 1 is 1.18 bits per heavy atom. The molecule has 0 aliphatic rings. The third kappa shape index (κ3) is 3.22. The van der Waals surface area contributed by atoms with Gasteiger partial charge in [-0.05, 0) is 25.0 Å². The van der Waals surface area contributed by atoms with Crippen LogP contribution in [0, 0.1) is 0 Å². The number of para-hydroxylation sites is 1. The summed E-state index contributed by atoms with van der Waals surface area (Å²) in [5.74, 6) is 0. The summed E-state index contributed by atoms with van der Waals surface area (Å²) in [4.78, 5) is 2.36. The van der Waals surface area contributed by atoms with E-state index < -0.39 is 0 Å². The molecule has 0 fully saturated rings. The molecule has 0 saturated carbocycles. The van der Waals surface area contributed by atoms with Crippen molar-refractivity contribution in [1.29, 1.82) is 0 Å². The molecule has 0 bridgehead atoms. The van der Waals surface area contributed by atoms with Crippen LogP contribution in [0.5, 0.6) is 0 Å². The van der Waals surface area contributed by atoms with Gasteiger partial charge < -0.3 is 10.6 Å². The van der Waals surface area contributed by atoms with E-state index in [1.54, 1.807) is 0 Å². The molecule has 1 aromatic rings. The normalized spacial score (nSPS) is 14.4. The summed E-state index contributed by atoms with van der Waals surface area (Å²) in [5, 5.41) is 0. The van der Waals surface area contributed by atoms with Crippen molar-refractivity contribution in [2.75, 3.05) is 18.5 Å². The van der Waals surface area contributed by atoms with Crippen molar-refractivity contribution in [3.05, 3.63) is 30.3 Å². The van der Waals surface area contributed by atoms with E-state index in [0.29, 0.717) is 0 Å². The maximum Gasteiger partial charge on any atom is 0.0518 e. The SMILES string of the molecule is CCCCC(CC)(CN)N(C)c1ccccc1. The molecule has 2 nitrogen and oxygen atoms in total. The molecule has 96 valence electrons. The first-order valence-electron chi connectivity index (χ1n) is 6.69. The summed E-state index contributed by atoms with van der Waals surface area (Å²) >= 11 is 0. The Bertz CT molecular complexity index is 304. The summed E-state index contributed by atoms with van der Waals surface area (Å²) < 4.78 is 0. The number of rotatable bonds is 7. The van der Waals surface area contributed by atoms with Crippen LogP contribution in [0.1, 0.15) is 39.5 Å². The number of nitrogens with two attached hydrogens (primary N) is 1. The smallest absolute Gasteiger partial charge is 0.0518 e. The fourth-order valence-electron chi connectivity index (χ4n) is 2.40. The minimum atomic E-state index is 0.108. The minimum absolute atomic E-state index is 0.108. The van der Waals surface area contributed by atoms with Crippen LogP contribution in [0.4, 0.5) is 5.69 Å². The predicted octanol–water partition coefficient (Wildman–Crippen LogP) is 3.42. The molecule has 1 rings (SSSR count). The summed E-state index contributed by atoms with van der Waals surface area (Å²) in [6, 6.07) is 10.5. The lowest BCUT2D eigenvalue weighted by molar-refractivity contribution is 0.359. The molecule has 1 aromatic carbocycles. The third-order valence-corrected chi connectivity index (χ3v) is 3.89. The Hall–Kier alpha value is -1.02. The van der Waals surface area contributed by atoms with Crippen molar-refractivity contribution >= 4 is 5.69 Å². The van der Waals surface area contributed by atoms with E-state index in [1.807, 2.05) is 0 Å². The van der Waals surface area contributed by atoms with Crippen molar-refractivity contribution in [3.8, 4) is 0 Å². The van der Waals surface area contributed by atoms with Crippen molar-refractivity contribution < 1.29 is 0 Å². The summed E-state index contributed by atoms with van der Waals surface area (Å²) in [5.41, 5.74) is 7.42. The lowest BCUT2D eigenvalue weighted by Gasteiger charge is -2.42. The summed E-state index contributed by atoms with van der Waals surface area (Å²) in [6.45, 7) is 5.19. The number of anilines is 1. The van der Waals surface area contributed by atoms with E-state index in [-0.39, 0.29) is 5.54 Å². The average molecular weight is 234 g/mol. The molecule has 2 N–H and O–H groups in total. The highest BCUT2D eigenvalue weighted by molar-refractivity contribution is 5.48. The molecule has 0 heterocycles. The molecule has 2 heteroatoms. The Kier molecular flexibility index (Phi) is 5.49. The van der Waals surface area contributed by atoms with E-state index in [4.69, 9.17) is 5.73 Å². The molecule has 0 amide bonds. The molecular formula is C15H26N2. The van der Waals surface area contributed by atoms with Crippen LogP contribution < -0.4 is 10.6 Å². The highest BCUT2D eigenvalue weighted by Gasteiger charge is 2.30. The van der Waals surface area contributed by atoms with Gasteiger partial charge in [-0.1, -0.05) is 44.9 Å². The molecule has 0 aromatic heterocycles. The first-order chi connectivity index (χ1) is 8.20. The van der Waals surface area contributed by atoms with Gasteiger partial charge in [-0.3, -0.25) is 0 Å². The van der Waals surface area contributed by atoms with Crippen molar-refractivity contribution in [2.24, 2.45) is 5.73 Å². The summed E-state index contributed by atoms with van der Waals surface area (Å²) in [6.07, 6.45) is 4.73. The van der Waals surface area contributed by atoms with Crippen LogP contribution in [0.15, 0.2) is 30.3 Å². The van der Waals surface area contributed by atoms with Crippen LogP contribution in [0.2, 0.25) is 0 Å². The molecule has 1 atom stereocenters. The van der Waals surface area contributed by atoms with E-state index >= 15 is 0 Å². The van der Waals surface area contributed by atoms with Gasteiger partial charge in [0.25, 0.3) is 0 Å². The Labute approximate surface area is 106 Å². The van der Waals surface area contributed by atoms with Gasteiger partial charge in [0.2, 0.25) is 0 Å². The second kappa shape index (κ2) is 6.65. The number of hydrogen-bond donors (Lipinski definition) is 1. The molecule has 0 aliphatic carbocycles. The van der Waals surface area contributed by atoms with Crippen LogP contribution >= 0.6 is 0 Å². The van der Waals surface area contributed by atoms with Gasteiger partial charge in [-0.15, -0.1) is 0 Å². The van der Waals surface area contributed by atoms with E-state index in [2.05, 4.69) is 56.1 Å². The van der Waals surface area contributed by atoms with E-state index in [0.717, 1.165) is 13.0 Å². The summed E-state index contributed by atoms with van der Waals surface area (Å²) in [7, 11) is 2.17. The van der Waals surface area contributed by atoms with Crippen LogP contribution in [-0.2, 0) is 0 Å². The molecular weight excluding hydrogens is 208 g/mol. The standard InChI is InChI=1S/C15H26N2/c1-4-6-12-15(5-2,13-16)17(3)14-10-8-7-9-11-14/h7-11H,4-6,12-13,16H2,1-3H3. The van der Waals surface area contributed by atoms with Gasteiger partial charge >= 0.3 is 0 Å². The zero-order valence-electron chi connectivity index (χ0n) is 11.4. The van der Waals surface area contributed by atoms with Crippen molar-refractivity contribution in [2.45, 2.75) is 45.1 Å². The predicted molar refractivity (Wildman–Crippen MR) is 76.4 cm³/mol. The number of nitrogens with zero attached hydrogens (tertiary/aromatic N) is 1. The Morgan fingerprint density at radius 3 is 2.29 bits per heavy atom. The van der Waals surface area contributed by atoms with E-state index in [1.165, 1.54) is 24.9 Å². The number of likely N-dealkylation sites (N-methyl/N-ethyl adjacent to an activating group) is 1. The second-order valence-electron chi connectivity index (χ2n) is 4.78. The monoisotopic (exact) mass is 234 g/mol. The lowest BCUT2D eigenvalue weighted by Crippen LogP contribution is -2.52. The van der Waals surface area contributed by atoms with Crippen LogP contribution in [0.25, 0.3) is 0 Å². The highest BCUT2D eigenvalue weighted by Crippen LogP contribution is 2.29. The first-order valence-corrected chi connectivity index (χ1v) is 6.69. The van der Waals surface area contributed by atoms with Gasteiger partial charge in [0.05, 0.1) is 5.54 Å². The lowest BCUT2D eigenvalue weighted by atomic mass is 9.87. The van der Waals surface area contributed by atoms with Crippen molar-refractivity contribution in [3.63, 3.8) is 0 Å². The molecule has 0 spiro atoms. The first kappa shape index (κ1) is 14.0. The van der Waals surface area contributed by atoms with Gasteiger partial charge in [-0.2, -0.15) is 0 Å². The Morgan fingerprint density at radius 2 is 1.82 bits per heavy atom. The highest BCUT2D eigenvalue weighted by atomic mass is 15.2.